The maximum Gasteiger partial charge on any atom is 0.433 e. The Morgan fingerprint density at radius 2 is 2.38 bits per heavy atom. The standard InChI is InChI=1S/C9H12N2O5/c12-8-5-15-4-7(8)10-3-6-1-2-9(16-6)11(13)14/h1-2,7-8,10,12H,3-5H2. The number of furan rings is 1. The highest BCUT2D eigenvalue weighted by Crippen LogP contribution is 2.16. The van der Waals surface area contributed by atoms with Gasteiger partial charge >= 0.3 is 5.88 Å². The summed E-state index contributed by atoms with van der Waals surface area (Å²) in [7, 11) is 0. The van der Waals surface area contributed by atoms with E-state index in [4.69, 9.17) is 9.15 Å². The van der Waals surface area contributed by atoms with Crippen LogP contribution in [0.2, 0.25) is 0 Å². The van der Waals surface area contributed by atoms with Crippen molar-refractivity contribution in [2.75, 3.05) is 13.2 Å². The lowest BCUT2D eigenvalue weighted by atomic mass is 10.2. The van der Waals surface area contributed by atoms with E-state index in [9.17, 15) is 15.2 Å². The monoisotopic (exact) mass is 228 g/mol. The van der Waals surface area contributed by atoms with Crippen molar-refractivity contribution in [3.05, 3.63) is 28.0 Å². The SMILES string of the molecule is O=[N+]([O-])c1ccc(CNC2COCC2O)o1. The van der Waals surface area contributed by atoms with Gasteiger partial charge in [-0.25, -0.2) is 0 Å². The fraction of sp³-hybridized carbons (Fsp3) is 0.556. The molecule has 2 N–H and O–H groups in total. The molecule has 1 aromatic heterocycles. The Hall–Kier alpha value is -1.44. The third-order valence-electron chi connectivity index (χ3n) is 2.42. The van der Waals surface area contributed by atoms with Crippen LogP contribution in [-0.2, 0) is 11.3 Å². The topological polar surface area (TPSA) is 97.8 Å². The Morgan fingerprint density at radius 1 is 1.56 bits per heavy atom. The molecule has 1 saturated heterocycles. The van der Waals surface area contributed by atoms with E-state index in [1.807, 2.05) is 0 Å². The minimum Gasteiger partial charge on any atom is -0.404 e. The number of nitro groups is 1. The van der Waals surface area contributed by atoms with E-state index in [2.05, 4.69) is 5.32 Å². The van der Waals surface area contributed by atoms with Crippen LogP contribution in [0.3, 0.4) is 0 Å². The minimum absolute atomic E-state index is 0.149. The maximum atomic E-state index is 10.4. The molecule has 16 heavy (non-hydrogen) atoms. The van der Waals surface area contributed by atoms with Crippen molar-refractivity contribution < 1.29 is 19.2 Å². The van der Waals surface area contributed by atoms with Crippen LogP contribution in [-0.4, -0.2) is 35.4 Å². The Balaban J connectivity index is 1.87. The molecule has 0 bridgehead atoms. The summed E-state index contributed by atoms with van der Waals surface area (Å²) in [5, 5.41) is 22.8. The smallest absolute Gasteiger partial charge is 0.404 e. The Labute approximate surface area is 91.2 Å². The van der Waals surface area contributed by atoms with Gasteiger partial charge in [-0.2, -0.15) is 0 Å². The molecule has 0 spiro atoms. The molecular formula is C9H12N2O5. The van der Waals surface area contributed by atoms with Crippen molar-refractivity contribution in [2.24, 2.45) is 0 Å². The normalized spacial score (nSPS) is 24.8. The van der Waals surface area contributed by atoms with Crippen LogP contribution in [0.4, 0.5) is 5.88 Å². The molecular weight excluding hydrogens is 216 g/mol. The first-order valence-electron chi connectivity index (χ1n) is 4.89. The van der Waals surface area contributed by atoms with Gasteiger partial charge in [0.05, 0.1) is 38.0 Å². The first kappa shape index (κ1) is 11.1. The lowest BCUT2D eigenvalue weighted by Gasteiger charge is -2.12. The largest absolute Gasteiger partial charge is 0.433 e. The van der Waals surface area contributed by atoms with Crippen molar-refractivity contribution in [1.82, 2.24) is 5.32 Å². The molecule has 1 aliphatic heterocycles. The van der Waals surface area contributed by atoms with Crippen LogP contribution in [0.25, 0.3) is 0 Å². The van der Waals surface area contributed by atoms with Crippen molar-refractivity contribution >= 4 is 5.88 Å². The van der Waals surface area contributed by atoms with Crippen molar-refractivity contribution in [1.29, 1.82) is 0 Å². The summed E-state index contributed by atoms with van der Waals surface area (Å²) < 4.78 is 10.0. The molecule has 88 valence electrons. The van der Waals surface area contributed by atoms with Crippen LogP contribution < -0.4 is 5.32 Å². The molecule has 0 aliphatic carbocycles. The summed E-state index contributed by atoms with van der Waals surface area (Å²) in [4.78, 5) is 9.77. The van der Waals surface area contributed by atoms with E-state index in [-0.39, 0.29) is 11.9 Å². The summed E-state index contributed by atoms with van der Waals surface area (Å²) >= 11 is 0. The Morgan fingerprint density at radius 3 is 2.94 bits per heavy atom. The number of hydrogen-bond acceptors (Lipinski definition) is 6. The van der Waals surface area contributed by atoms with Gasteiger partial charge in [0.15, 0.2) is 0 Å². The highest BCUT2D eigenvalue weighted by Gasteiger charge is 2.25. The molecule has 0 saturated carbocycles. The lowest BCUT2D eigenvalue weighted by Crippen LogP contribution is -2.38. The fourth-order valence-corrected chi connectivity index (χ4v) is 1.53. The number of aliphatic hydroxyl groups excluding tert-OH is 1. The molecule has 2 heterocycles. The highest BCUT2D eigenvalue weighted by molar-refractivity contribution is 5.17. The zero-order valence-corrected chi connectivity index (χ0v) is 8.46. The second-order valence-corrected chi connectivity index (χ2v) is 3.59. The first-order valence-corrected chi connectivity index (χ1v) is 4.89. The van der Waals surface area contributed by atoms with Gasteiger partial charge in [0.25, 0.3) is 0 Å². The zero-order valence-electron chi connectivity index (χ0n) is 8.46. The maximum absolute atomic E-state index is 10.4. The van der Waals surface area contributed by atoms with Crippen molar-refractivity contribution in [2.45, 2.75) is 18.7 Å². The lowest BCUT2D eigenvalue weighted by molar-refractivity contribution is -0.402. The van der Waals surface area contributed by atoms with Crippen molar-refractivity contribution in [3.8, 4) is 0 Å². The summed E-state index contributed by atoms with van der Waals surface area (Å²) in [5.41, 5.74) is 0. The second kappa shape index (κ2) is 4.60. The molecule has 2 unspecified atom stereocenters. The molecule has 0 amide bonds. The minimum atomic E-state index is -0.586. The first-order chi connectivity index (χ1) is 7.66. The van der Waals surface area contributed by atoms with E-state index in [1.54, 1.807) is 0 Å². The molecule has 1 aromatic rings. The van der Waals surface area contributed by atoms with Gasteiger partial charge in [0.1, 0.15) is 10.7 Å². The molecule has 1 fully saturated rings. The molecule has 0 aromatic carbocycles. The zero-order chi connectivity index (χ0) is 11.5. The second-order valence-electron chi connectivity index (χ2n) is 3.59. The Bertz CT molecular complexity index is 378. The molecule has 1 aliphatic rings. The molecule has 2 rings (SSSR count). The van der Waals surface area contributed by atoms with Crippen molar-refractivity contribution in [3.63, 3.8) is 0 Å². The van der Waals surface area contributed by atoms with Gasteiger partial charge in [-0.05, 0) is 6.07 Å². The van der Waals surface area contributed by atoms with Gasteiger partial charge in [-0.1, -0.05) is 0 Å². The number of rotatable bonds is 4. The predicted molar refractivity (Wildman–Crippen MR) is 52.8 cm³/mol. The summed E-state index contributed by atoms with van der Waals surface area (Å²) in [6.45, 7) is 1.08. The number of hydrogen-bond donors (Lipinski definition) is 2. The van der Waals surface area contributed by atoms with Crippen LogP contribution in [0.1, 0.15) is 5.76 Å². The van der Waals surface area contributed by atoms with Gasteiger partial charge in [0, 0.05) is 0 Å². The van der Waals surface area contributed by atoms with E-state index >= 15 is 0 Å². The predicted octanol–water partition coefficient (Wildman–Crippen LogP) is 0.0371. The van der Waals surface area contributed by atoms with Crippen LogP contribution >= 0.6 is 0 Å². The summed E-state index contributed by atoms with van der Waals surface area (Å²) in [6.07, 6.45) is -0.537. The number of aliphatic hydroxyl groups is 1. The molecule has 0 radical (unpaired) electrons. The van der Waals surface area contributed by atoms with Crippen LogP contribution in [0, 0.1) is 10.1 Å². The quantitative estimate of drug-likeness (QED) is 0.557. The Kier molecular flexibility index (Phi) is 3.18. The van der Waals surface area contributed by atoms with E-state index in [1.165, 1.54) is 12.1 Å². The van der Waals surface area contributed by atoms with Crippen LogP contribution in [0.15, 0.2) is 16.5 Å². The molecule has 7 heteroatoms. The van der Waals surface area contributed by atoms with E-state index < -0.39 is 11.0 Å². The summed E-state index contributed by atoms with van der Waals surface area (Å²) in [5.74, 6) is 0.186. The fourth-order valence-electron chi connectivity index (χ4n) is 1.53. The van der Waals surface area contributed by atoms with E-state index in [0.29, 0.717) is 25.5 Å². The molecule has 7 nitrogen and oxygen atoms in total. The van der Waals surface area contributed by atoms with Gasteiger partial charge < -0.3 is 19.6 Å². The summed E-state index contributed by atoms with van der Waals surface area (Å²) in [6, 6.07) is 2.69. The average molecular weight is 228 g/mol. The highest BCUT2D eigenvalue weighted by atomic mass is 16.6. The number of ether oxygens (including phenoxy) is 1. The average Bonchev–Trinajstić information content (AvgIpc) is 2.83. The van der Waals surface area contributed by atoms with Gasteiger partial charge in [-0.15, -0.1) is 0 Å². The number of nitrogens with one attached hydrogen (secondary N) is 1. The van der Waals surface area contributed by atoms with Gasteiger partial charge in [-0.3, -0.25) is 10.1 Å². The third-order valence-corrected chi connectivity index (χ3v) is 2.42. The van der Waals surface area contributed by atoms with E-state index in [0.717, 1.165) is 0 Å². The number of nitrogens with zero attached hydrogens (tertiary/aromatic N) is 1. The van der Waals surface area contributed by atoms with Crippen LogP contribution in [0.5, 0.6) is 0 Å². The van der Waals surface area contributed by atoms with Gasteiger partial charge in [0.2, 0.25) is 0 Å². The third kappa shape index (κ3) is 2.38. The molecule has 2 atom stereocenters.